The van der Waals surface area contributed by atoms with Crippen molar-refractivity contribution in [3.63, 3.8) is 0 Å². The molecule has 2 aromatic carbocycles. The molecule has 11 heteroatoms. The number of hydrazone groups is 1. The van der Waals surface area contributed by atoms with E-state index in [4.69, 9.17) is 9.47 Å². The highest BCUT2D eigenvalue weighted by Crippen LogP contribution is 2.30. The van der Waals surface area contributed by atoms with Crippen molar-refractivity contribution in [1.82, 2.24) is 4.31 Å². The quantitative estimate of drug-likeness (QED) is 0.304. The van der Waals surface area contributed by atoms with Crippen molar-refractivity contribution in [2.24, 2.45) is 5.10 Å². The standard InChI is InChI=1S/C21H28N4O6S/c1-6-17(15-9-12-20(30-4)21(13-15)31-5)22-23-18-11-10-16(14-19(18)25(26)27)32(28,29)24(7-2)8-3/h9-14,23H,6-8H2,1-5H3. The molecular formula is C21H28N4O6S. The smallest absolute Gasteiger partial charge is 0.295 e. The Morgan fingerprint density at radius 3 is 2.25 bits per heavy atom. The minimum Gasteiger partial charge on any atom is -0.493 e. The molecule has 0 bridgehead atoms. The predicted octanol–water partition coefficient (Wildman–Crippen LogP) is 3.87. The van der Waals surface area contributed by atoms with E-state index in [2.05, 4.69) is 10.5 Å². The molecule has 10 nitrogen and oxygen atoms in total. The fourth-order valence-electron chi connectivity index (χ4n) is 3.12. The van der Waals surface area contributed by atoms with Crippen LogP contribution < -0.4 is 14.9 Å². The van der Waals surface area contributed by atoms with Crippen LogP contribution >= 0.6 is 0 Å². The normalized spacial score (nSPS) is 12.0. The first kappa shape index (κ1) is 25.1. The van der Waals surface area contributed by atoms with Gasteiger partial charge in [-0.25, -0.2) is 8.42 Å². The number of ether oxygens (including phenoxy) is 2. The highest BCUT2D eigenvalue weighted by atomic mass is 32.2. The molecule has 32 heavy (non-hydrogen) atoms. The van der Waals surface area contributed by atoms with Crippen molar-refractivity contribution >= 4 is 27.1 Å². The van der Waals surface area contributed by atoms with Gasteiger partial charge in [-0.05, 0) is 36.8 Å². The summed E-state index contributed by atoms with van der Waals surface area (Å²) < 4.78 is 37.2. The molecule has 1 N–H and O–H groups in total. The second kappa shape index (κ2) is 10.9. The zero-order valence-corrected chi connectivity index (χ0v) is 19.6. The molecule has 0 aliphatic heterocycles. The topological polar surface area (TPSA) is 123 Å². The van der Waals surface area contributed by atoms with E-state index in [0.29, 0.717) is 23.6 Å². The Morgan fingerprint density at radius 2 is 1.72 bits per heavy atom. The predicted molar refractivity (Wildman–Crippen MR) is 123 cm³/mol. The number of nitro groups is 1. The highest BCUT2D eigenvalue weighted by molar-refractivity contribution is 7.89. The Morgan fingerprint density at radius 1 is 1.06 bits per heavy atom. The van der Waals surface area contributed by atoms with E-state index in [1.807, 2.05) is 6.92 Å². The number of rotatable bonds is 11. The van der Waals surface area contributed by atoms with Gasteiger partial charge in [0, 0.05) is 24.7 Å². The highest BCUT2D eigenvalue weighted by Gasteiger charge is 2.25. The molecule has 0 spiro atoms. The maximum atomic E-state index is 12.7. The average molecular weight is 465 g/mol. The van der Waals surface area contributed by atoms with Crippen LogP contribution in [0.3, 0.4) is 0 Å². The second-order valence-electron chi connectivity index (χ2n) is 6.62. The Bertz CT molecular complexity index is 1100. The first-order valence-electron chi connectivity index (χ1n) is 10.1. The Kier molecular flexibility index (Phi) is 8.56. The lowest BCUT2D eigenvalue weighted by Gasteiger charge is -2.18. The molecule has 0 atom stereocenters. The lowest BCUT2D eigenvalue weighted by Crippen LogP contribution is -2.30. The summed E-state index contributed by atoms with van der Waals surface area (Å²) in [6, 6.07) is 9.04. The van der Waals surface area contributed by atoms with Crippen LogP contribution in [0.4, 0.5) is 11.4 Å². The monoisotopic (exact) mass is 464 g/mol. The number of methoxy groups -OCH3 is 2. The number of hydrogen-bond donors (Lipinski definition) is 1. The lowest BCUT2D eigenvalue weighted by atomic mass is 10.1. The van der Waals surface area contributed by atoms with Gasteiger partial charge >= 0.3 is 0 Å². The summed E-state index contributed by atoms with van der Waals surface area (Å²) in [5.74, 6) is 1.10. The number of benzene rings is 2. The third kappa shape index (κ3) is 5.35. The van der Waals surface area contributed by atoms with Crippen molar-refractivity contribution in [3.05, 3.63) is 52.1 Å². The van der Waals surface area contributed by atoms with Gasteiger partial charge in [0.25, 0.3) is 5.69 Å². The second-order valence-corrected chi connectivity index (χ2v) is 8.56. The summed E-state index contributed by atoms with van der Waals surface area (Å²) in [4.78, 5) is 10.8. The first-order valence-corrected chi connectivity index (χ1v) is 11.5. The Labute approximate surface area is 188 Å². The molecule has 0 radical (unpaired) electrons. The van der Waals surface area contributed by atoms with Gasteiger partial charge < -0.3 is 9.47 Å². The number of hydrogen-bond acceptors (Lipinski definition) is 8. The molecule has 0 amide bonds. The molecule has 0 aliphatic rings. The van der Waals surface area contributed by atoms with Gasteiger partial charge in [-0.3, -0.25) is 15.5 Å². The van der Waals surface area contributed by atoms with E-state index in [-0.39, 0.29) is 29.4 Å². The zero-order valence-electron chi connectivity index (χ0n) is 18.8. The zero-order chi connectivity index (χ0) is 23.9. The summed E-state index contributed by atoms with van der Waals surface area (Å²) in [7, 11) is -0.761. The van der Waals surface area contributed by atoms with Crippen LogP contribution in [0.2, 0.25) is 0 Å². The van der Waals surface area contributed by atoms with Gasteiger partial charge in [0.15, 0.2) is 11.5 Å². The number of sulfonamides is 1. The Hall–Kier alpha value is -3.18. The fourth-order valence-corrected chi connectivity index (χ4v) is 4.60. The molecule has 0 unspecified atom stereocenters. The van der Waals surface area contributed by atoms with Crippen LogP contribution in [-0.2, 0) is 10.0 Å². The summed E-state index contributed by atoms with van der Waals surface area (Å²) in [5.41, 5.74) is 3.79. The molecule has 0 heterocycles. The largest absolute Gasteiger partial charge is 0.493 e. The first-order chi connectivity index (χ1) is 15.2. The van der Waals surface area contributed by atoms with Crippen LogP contribution in [0.15, 0.2) is 46.4 Å². The van der Waals surface area contributed by atoms with E-state index in [1.165, 1.54) is 30.7 Å². The summed E-state index contributed by atoms with van der Waals surface area (Å²) >= 11 is 0. The molecular weight excluding hydrogens is 436 g/mol. The van der Waals surface area contributed by atoms with E-state index < -0.39 is 14.9 Å². The number of nitro benzene ring substituents is 1. The van der Waals surface area contributed by atoms with Crippen molar-refractivity contribution in [3.8, 4) is 11.5 Å². The van der Waals surface area contributed by atoms with Crippen molar-refractivity contribution in [2.75, 3.05) is 32.7 Å². The third-order valence-corrected chi connectivity index (χ3v) is 6.92. The number of nitrogens with one attached hydrogen (secondary N) is 1. The van der Waals surface area contributed by atoms with E-state index in [1.54, 1.807) is 32.0 Å². The van der Waals surface area contributed by atoms with E-state index in [9.17, 15) is 18.5 Å². The van der Waals surface area contributed by atoms with Gasteiger partial charge in [0.1, 0.15) is 5.69 Å². The van der Waals surface area contributed by atoms with Crippen LogP contribution in [0.1, 0.15) is 32.8 Å². The fraction of sp³-hybridized carbons (Fsp3) is 0.381. The SMILES string of the molecule is CCC(=NNc1ccc(S(=O)(=O)N(CC)CC)cc1[N+](=O)[O-])c1ccc(OC)c(OC)c1. The van der Waals surface area contributed by atoms with Gasteiger partial charge in [-0.2, -0.15) is 9.41 Å². The molecule has 2 aromatic rings. The van der Waals surface area contributed by atoms with Crippen LogP contribution in [0, 0.1) is 10.1 Å². The van der Waals surface area contributed by atoms with Crippen LogP contribution in [0.5, 0.6) is 11.5 Å². The van der Waals surface area contributed by atoms with Gasteiger partial charge in [-0.15, -0.1) is 0 Å². The minimum absolute atomic E-state index is 0.0833. The molecule has 0 saturated heterocycles. The Balaban J connectivity index is 2.43. The van der Waals surface area contributed by atoms with Crippen molar-refractivity contribution in [1.29, 1.82) is 0 Å². The van der Waals surface area contributed by atoms with Crippen LogP contribution in [0.25, 0.3) is 0 Å². The third-order valence-electron chi connectivity index (χ3n) is 4.87. The van der Waals surface area contributed by atoms with Gasteiger partial charge in [0.05, 0.1) is 29.8 Å². The van der Waals surface area contributed by atoms with Gasteiger partial charge in [-0.1, -0.05) is 20.8 Å². The van der Waals surface area contributed by atoms with E-state index in [0.717, 1.165) is 11.6 Å². The maximum Gasteiger partial charge on any atom is 0.295 e. The van der Waals surface area contributed by atoms with Crippen molar-refractivity contribution < 1.29 is 22.8 Å². The van der Waals surface area contributed by atoms with E-state index >= 15 is 0 Å². The molecule has 174 valence electrons. The number of nitrogens with zero attached hydrogens (tertiary/aromatic N) is 3. The molecule has 0 aliphatic carbocycles. The molecule has 2 rings (SSSR count). The van der Waals surface area contributed by atoms with Crippen LogP contribution in [-0.4, -0.2) is 50.7 Å². The summed E-state index contributed by atoms with van der Waals surface area (Å²) in [6.07, 6.45) is 0.532. The maximum absolute atomic E-state index is 12.7. The molecule has 0 fully saturated rings. The lowest BCUT2D eigenvalue weighted by molar-refractivity contribution is -0.384. The number of anilines is 1. The molecule has 0 saturated carbocycles. The summed E-state index contributed by atoms with van der Waals surface area (Å²) in [6.45, 7) is 5.84. The van der Waals surface area contributed by atoms with Gasteiger partial charge in [0.2, 0.25) is 10.0 Å². The summed E-state index contributed by atoms with van der Waals surface area (Å²) in [5, 5.41) is 15.9. The van der Waals surface area contributed by atoms with Crippen molar-refractivity contribution in [2.45, 2.75) is 32.1 Å². The molecule has 0 aromatic heterocycles. The average Bonchev–Trinajstić information content (AvgIpc) is 2.79. The minimum atomic E-state index is -3.83.